The van der Waals surface area contributed by atoms with Gasteiger partial charge in [-0.3, -0.25) is 0 Å². The third-order valence-electron chi connectivity index (χ3n) is 1.97. The molecule has 2 aromatic rings. The van der Waals surface area contributed by atoms with Crippen LogP contribution in [-0.2, 0) is 0 Å². The topological polar surface area (TPSA) is 48.3 Å². The Bertz CT molecular complexity index is 489. The lowest BCUT2D eigenvalue weighted by Gasteiger charge is -2.31. The molecule has 0 aliphatic heterocycles. The minimum absolute atomic E-state index is 0.225. The fourth-order valence-corrected chi connectivity index (χ4v) is 2.03. The Kier molecular flexibility index (Phi) is 4.27. The molecule has 0 unspecified atom stereocenters. The Balaban J connectivity index is 2.45. The average Bonchev–Trinajstić information content (AvgIpc) is 2.97. The van der Waals surface area contributed by atoms with Gasteiger partial charge in [0.25, 0.3) is 0 Å². The molecular weight excluding hydrogens is 308 g/mol. The van der Waals surface area contributed by atoms with Crippen molar-refractivity contribution in [3.05, 3.63) is 30.8 Å². The molecule has 0 radical (unpaired) electrons. The number of rotatable bonds is 2. The molecule has 2 rings (SSSR count). The van der Waals surface area contributed by atoms with Gasteiger partial charge in [0.05, 0.1) is 6.20 Å². The molecule has 1 N–H and O–H groups in total. The van der Waals surface area contributed by atoms with Crippen LogP contribution < -0.4 is 10.0 Å². The predicted molar refractivity (Wildman–Crippen MR) is 85.4 cm³/mol. The van der Waals surface area contributed by atoms with Gasteiger partial charge in [-0.2, -0.15) is 5.01 Å². The van der Waals surface area contributed by atoms with Gasteiger partial charge in [0.2, 0.25) is 0 Å². The molecule has 0 saturated heterocycles. The standard InChI is InChI=1S/C9H8N4OS4/c15-8(16)12(6-2-1-3-10-6)13(9(17)18)7-11-4-5-14-7/h1-5,10H,(H,15,16)(H,17,18). The van der Waals surface area contributed by atoms with Gasteiger partial charge in [0.1, 0.15) is 12.1 Å². The van der Waals surface area contributed by atoms with Crippen LogP contribution in [0.25, 0.3) is 0 Å². The maximum absolute atomic E-state index is 5.22. The van der Waals surface area contributed by atoms with Gasteiger partial charge < -0.3 is 9.40 Å². The Labute approximate surface area is 125 Å². The number of hydrogen-bond donors (Lipinski definition) is 3. The number of oxazole rings is 1. The minimum atomic E-state index is 0.225. The predicted octanol–water partition coefficient (Wildman–Crippen LogP) is 2.66. The Morgan fingerprint density at radius 3 is 2.44 bits per heavy atom. The Morgan fingerprint density at radius 2 is 2.00 bits per heavy atom. The van der Waals surface area contributed by atoms with Gasteiger partial charge in [0.15, 0.2) is 8.64 Å². The summed E-state index contributed by atoms with van der Waals surface area (Å²) >= 11 is 18.5. The highest BCUT2D eigenvalue weighted by Gasteiger charge is 2.25. The number of anilines is 2. The second-order valence-electron chi connectivity index (χ2n) is 3.06. The largest absolute Gasteiger partial charge is 0.431 e. The fourth-order valence-electron chi connectivity index (χ4n) is 1.32. The fraction of sp³-hybridized carbons (Fsp3) is 0. The molecule has 0 aromatic carbocycles. The third-order valence-corrected chi connectivity index (χ3v) is 2.70. The molecule has 2 heterocycles. The van der Waals surface area contributed by atoms with Crippen molar-refractivity contribution in [1.29, 1.82) is 0 Å². The zero-order valence-corrected chi connectivity index (χ0v) is 12.3. The summed E-state index contributed by atoms with van der Waals surface area (Å²) in [4.78, 5) is 7.03. The summed E-state index contributed by atoms with van der Waals surface area (Å²) in [5, 5.41) is 2.96. The van der Waals surface area contributed by atoms with E-state index in [1.165, 1.54) is 22.5 Å². The number of nitrogens with zero attached hydrogens (tertiary/aromatic N) is 3. The molecule has 0 atom stereocenters. The quantitative estimate of drug-likeness (QED) is 0.450. The molecule has 0 spiro atoms. The molecule has 5 nitrogen and oxygen atoms in total. The first kappa shape index (κ1) is 13.4. The molecule has 94 valence electrons. The van der Waals surface area contributed by atoms with Gasteiger partial charge in [-0.15, -0.1) is 25.3 Å². The van der Waals surface area contributed by atoms with Crippen molar-refractivity contribution in [3.63, 3.8) is 0 Å². The van der Waals surface area contributed by atoms with E-state index < -0.39 is 0 Å². The molecule has 0 bridgehead atoms. The summed E-state index contributed by atoms with van der Waals surface area (Å²) in [7, 11) is 0. The van der Waals surface area contributed by atoms with Crippen LogP contribution in [0.3, 0.4) is 0 Å². The summed E-state index contributed by atoms with van der Waals surface area (Å²) in [6, 6.07) is 3.88. The van der Waals surface area contributed by atoms with Crippen molar-refractivity contribution in [1.82, 2.24) is 9.97 Å². The van der Waals surface area contributed by atoms with Gasteiger partial charge in [0, 0.05) is 6.20 Å². The molecule has 0 aliphatic rings. The van der Waals surface area contributed by atoms with Crippen LogP contribution in [0.15, 0.2) is 35.2 Å². The highest BCUT2D eigenvalue weighted by molar-refractivity contribution is 8.12. The zero-order valence-electron chi connectivity index (χ0n) is 8.85. The molecule has 9 heteroatoms. The normalized spacial score (nSPS) is 10.1. The van der Waals surface area contributed by atoms with Gasteiger partial charge in [-0.1, -0.05) is 24.4 Å². The first-order chi connectivity index (χ1) is 8.61. The van der Waals surface area contributed by atoms with Gasteiger partial charge in [-0.25, -0.2) is 9.99 Å². The van der Waals surface area contributed by atoms with E-state index >= 15 is 0 Å². The molecule has 18 heavy (non-hydrogen) atoms. The summed E-state index contributed by atoms with van der Waals surface area (Å²) in [6.07, 6.45) is 4.69. The number of hydrogen-bond acceptors (Lipinski definition) is 4. The van der Waals surface area contributed by atoms with Crippen molar-refractivity contribution in [2.45, 2.75) is 0 Å². The maximum atomic E-state index is 5.22. The van der Waals surface area contributed by atoms with Gasteiger partial charge in [-0.05, 0) is 12.1 Å². The lowest BCUT2D eigenvalue weighted by Crippen LogP contribution is -2.46. The van der Waals surface area contributed by atoms with E-state index in [0.29, 0.717) is 5.82 Å². The summed E-state index contributed by atoms with van der Waals surface area (Å²) in [5.74, 6) is 0.671. The number of aromatic amines is 1. The lowest BCUT2D eigenvalue weighted by molar-refractivity contribution is 0.559. The van der Waals surface area contributed by atoms with E-state index in [1.54, 1.807) is 6.20 Å². The van der Waals surface area contributed by atoms with Crippen LogP contribution in [-0.4, -0.2) is 18.6 Å². The monoisotopic (exact) mass is 316 g/mol. The second-order valence-corrected chi connectivity index (χ2v) is 5.28. The smallest absolute Gasteiger partial charge is 0.323 e. The maximum Gasteiger partial charge on any atom is 0.323 e. The minimum Gasteiger partial charge on any atom is -0.431 e. The summed E-state index contributed by atoms with van der Waals surface area (Å²) in [5.41, 5.74) is 0. The van der Waals surface area contributed by atoms with Crippen molar-refractivity contribution in [2.75, 3.05) is 10.0 Å². The van der Waals surface area contributed by atoms with Crippen molar-refractivity contribution < 1.29 is 4.42 Å². The van der Waals surface area contributed by atoms with Crippen LogP contribution in [0, 0.1) is 0 Å². The van der Waals surface area contributed by atoms with Crippen LogP contribution in [0.2, 0.25) is 0 Å². The third kappa shape index (κ3) is 2.69. The molecule has 0 fully saturated rings. The van der Waals surface area contributed by atoms with Crippen LogP contribution in [0.4, 0.5) is 11.8 Å². The molecule has 0 amide bonds. The van der Waals surface area contributed by atoms with Crippen LogP contribution in [0.5, 0.6) is 0 Å². The number of thiol groups is 2. The van der Waals surface area contributed by atoms with E-state index in [4.69, 9.17) is 28.9 Å². The highest BCUT2D eigenvalue weighted by atomic mass is 32.1. The van der Waals surface area contributed by atoms with E-state index in [2.05, 4.69) is 35.2 Å². The summed E-state index contributed by atoms with van der Waals surface area (Å²) in [6.45, 7) is 0. The Hall–Kier alpha value is -1.03. The summed E-state index contributed by atoms with van der Waals surface area (Å²) < 4.78 is 5.71. The molecule has 0 saturated carbocycles. The number of aromatic nitrogens is 2. The SMILES string of the molecule is S=C(S)N(c1ccc[nH]1)N(C(=S)S)c1ncco1. The number of thiocarbonyl (C=S) groups is 2. The zero-order chi connectivity index (χ0) is 13.1. The van der Waals surface area contributed by atoms with Crippen LogP contribution in [0.1, 0.15) is 0 Å². The van der Waals surface area contributed by atoms with E-state index in [-0.39, 0.29) is 14.7 Å². The average molecular weight is 316 g/mol. The first-order valence-corrected chi connectivity index (χ1v) is 6.41. The van der Waals surface area contributed by atoms with Gasteiger partial charge >= 0.3 is 6.01 Å². The Morgan fingerprint density at radius 1 is 1.28 bits per heavy atom. The van der Waals surface area contributed by atoms with Crippen molar-refractivity contribution >= 4 is 70.2 Å². The molecular formula is C9H8N4OS4. The number of H-pyrrole nitrogens is 1. The van der Waals surface area contributed by atoms with Crippen molar-refractivity contribution in [3.8, 4) is 0 Å². The first-order valence-electron chi connectivity index (χ1n) is 4.70. The van der Waals surface area contributed by atoms with Crippen molar-refractivity contribution in [2.24, 2.45) is 0 Å². The number of nitrogens with one attached hydrogen (secondary N) is 1. The lowest BCUT2D eigenvalue weighted by atomic mass is 10.6. The second kappa shape index (κ2) is 5.74. The number of hydrazine groups is 1. The highest BCUT2D eigenvalue weighted by Crippen LogP contribution is 2.23. The van der Waals surface area contributed by atoms with Crippen LogP contribution >= 0.6 is 49.7 Å². The van der Waals surface area contributed by atoms with E-state index in [1.807, 2.05) is 12.1 Å². The molecule has 2 aromatic heterocycles. The molecule has 0 aliphatic carbocycles. The van der Waals surface area contributed by atoms with E-state index in [9.17, 15) is 0 Å². The van der Waals surface area contributed by atoms with E-state index in [0.717, 1.165) is 0 Å².